The molecule has 1 aliphatic carbocycles. The van der Waals surface area contributed by atoms with Crippen LogP contribution in [0.25, 0.3) is 5.57 Å². The van der Waals surface area contributed by atoms with Crippen molar-refractivity contribution in [1.82, 2.24) is 14.9 Å². The Kier molecular flexibility index (Phi) is 11.7. The second-order valence-corrected chi connectivity index (χ2v) is 11.0. The Balaban J connectivity index is 1.72. The molecule has 1 heterocycles. The molecule has 0 atom stereocenters. The Labute approximate surface area is 233 Å². The van der Waals surface area contributed by atoms with Gasteiger partial charge in [0.25, 0.3) is 0 Å². The molecular formula is C29H33IN4OS. The van der Waals surface area contributed by atoms with E-state index in [0.29, 0.717) is 30.3 Å². The summed E-state index contributed by atoms with van der Waals surface area (Å²) in [6.45, 7) is 9.10. The normalized spacial score (nSPS) is 13.1. The van der Waals surface area contributed by atoms with Crippen molar-refractivity contribution in [2.45, 2.75) is 43.9 Å². The Morgan fingerprint density at radius 1 is 1.28 bits per heavy atom. The van der Waals surface area contributed by atoms with E-state index in [1.165, 1.54) is 9.13 Å². The fourth-order valence-corrected chi connectivity index (χ4v) is 5.19. The number of hydrogen-bond donors (Lipinski definition) is 0. The standard InChI is InChI=1S/C29H33IN4OS/c1-4-16-34(3)17-7-8-22(2)28-32-21-27(36-26-12-6-10-24(20-31)13-14-26)29(33-28)35-18-15-23-9-5-11-25(30)19-23/h5,9-14,19,21H,2,4,6-8,15-18H2,1,3H3. The highest BCUT2D eigenvalue weighted by Gasteiger charge is 2.14. The minimum atomic E-state index is 0.521. The van der Waals surface area contributed by atoms with Crippen LogP contribution in [0.5, 0.6) is 5.88 Å². The quantitative estimate of drug-likeness (QED) is 0.223. The first-order valence-corrected chi connectivity index (χ1v) is 14.1. The second kappa shape index (κ2) is 15.0. The second-order valence-electron chi connectivity index (χ2n) is 8.65. The smallest absolute Gasteiger partial charge is 0.231 e. The largest absolute Gasteiger partial charge is 0.476 e. The number of ether oxygens (including phenoxy) is 1. The summed E-state index contributed by atoms with van der Waals surface area (Å²) in [6.07, 6.45) is 14.2. The number of nitrogens with zero attached hydrogens (tertiary/aromatic N) is 4. The van der Waals surface area contributed by atoms with Crippen molar-refractivity contribution < 1.29 is 4.74 Å². The number of hydrogen-bond acceptors (Lipinski definition) is 6. The van der Waals surface area contributed by atoms with Gasteiger partial charge in [-0.1, -0.05) is 49.5 Å². The molecule has 3 rings (SSSR count). The highest BCUT2D eigenvalue weighted by molar-refractivity contribution is 14.1. The van der Waals surface area contributed by atoms with Crippen LogP contribution < -0.4 is 4.74 Å². The summed E-state index contributed by atoms with van der Waals surface area (Å²) in [4.78, 5) is 13.6. The van der Waals surface area contributed by atoms with Gasteiger partial charge in [0.05, 0.1) is 17.6 Å². The Hall–Kier alpha value is -2.41. The van der Waals surface area contributed by atoms with Crippen molar-refractivity contribution in [1.29, 1.82) is 5.26 Å². The molecule has 2 aromatic rings. The minimum absolute atomic E-state index is 0.521. The molecular weight excluding hydrogens is 579 g/mol. The number of thioether (sulfide) groups is 1. The monoisotopic (exact) mass is 612 g/mol. The lowest BCUT2D eigenvalue weighted by atomic mass is 10.1. The number of nitriles is 1. The minimum Gasteiger partial charge on any atom is -0.476 e. The van der Waals surface area contributed by atoms with E-state index in [4.69, 9.17) is 9.72 Å². The molecule has 0 saturated carbocycles. The van der Waals surface area contributed by atoms with Crippen LogP contribution in [0.4, 0.5) is 0 Å². The molecule has 1 aliphatic rings. The van der Waals surface area contributed by atoms with Gasteiger partial charge in [0.1, 0.15) is 0 Å². The highest BCUT2D eigenvalue weighted by atomic mass is 127. The van der Waals surface area contributed by atoms with E-state index in [-0.39, 0.29) is 0 Å². The summed E-state index contributed by atoms with van der Waals surface area (Å²) in [6, 6.07) is 10.6. The van der Waals surface area contributed by atoms with Crippen LogP contribution in [-0.4, -0.2) is 41.6 Å². The molecule has 1 aromatic carbocycles. The predicted molar refractivity (Wildman–Crippen MR) is 158 cm³/mol. The van der Waals surface area contributed by atoms with Crippen molar-refractivity contribution in [3.05, 3.63) is 86.8 Å². The summed E-state index contributed by atoms with van der Waals surface area (Å²) in [5, 5.41) is 9.19. The van der Waals surface area contributed by atoms with Gasteiger partial charge in [-0.3, -0.25) is 0 Å². The molecule has 188 valence electrons. The van der Waals surface area contributed by atoms with Crippen LogP contribution in [-0.2, 0) is 6.42 Å². The fraction of sp³-hybridized carbons (Fsp3) is 0.345. The summed E-state index contributed by atoms with van der Waals surface area (Å²) < 4.78 is 7.43. The van der Waals surface area contributed by atoms with Crippen LogP contribution in [0.1, 0.15) is 44.0 Å². The number of halogens is 1. The van der Waals surface area contributed by atoms with E-state index in [1.807, 2.05) is 24.4 Å². The number of rotatable bonds is 13. The summed E-state index contributed by atoms with van der Waals surface area (Å²) in [5.74, 6) is 1.22. The molecule has 0 unspecified atom stereocenters. The van der Waals surface area contributed by atoms with Crippen LogP contribution in [0, 0.1) is 14.9 Å². The molecule has 5 nitrogen and oxygen atoms in total. The van der Waals surface area contributed by atoms with Gasteiger partial charge in [0, 0.05) is 26.7 Å². The van der Waals surface area contributed by atoms with Crippen LogP contribution in [0.3, 0.4) is 0 Å². The molecule has 0 bridgehead atoms. The van der Waals surface area contributed by atoms with Gasteiger partial charge >= 0.3 is 0 Å². The van der Waals surface area contributed by atoms with Crippen molar-refractivity contribution in [3.8, 4) is 11.9 Å². The predicted octanol–water partition coefficient (Wildman–Crippen LogP) is 7.22. The summed E-state index contributed by atoms with van der Waals surface area (Å²) in [7, 11) is 2.15. The van der Waals surface area contributed by atoms with E-state index < -0.39 is 0 Å². The number of benzene rings is 1. The lowest BCUT2D eigenvalue weighted by Gasteiger charge is -2.16. The van der Waals surface area contributed by atoms with Crippen LogP contribution >= 0.6 is 34.4 Å². The Bertz CT molecular complexity index is 1180. The van der Waals surface area contributed by atoms with Crippen molar-refractivity contribution in [2.75, 3.05) is 26.7 Å². The maximum absolute atomic E-state index is 9.19. The first-order chi connectivity index (χ1) is 17.5. The maximum Gasteiger partial charge on any atom is 0.231 e. The average Bonchev–Trinajstić information content (AvgIpc) is 3.10. The zero-order valence-corrected chi connectivity index (χ0v) is 24.0. The molecule has 0 saturated heterocycles. The first-order valence-electron chi connectivity index (χ1n) is 12.3. The van der Waals surface area contributed by atoms with E-state index in [2.05, 4.69) is 89.4 Å². The highest BCUT2D eigenvalue weighted by Crippen LogP contribution is 2.35. The fourth-order valence-electron chi connectivity index (χ4n) is 3.72. The zero-order chi connectivity index (χ0) is 25.8. The summed E-state index contributed by atoms with van der Waals surface area (Å²) in [5.41, 5.74) is 2.83. The lowest BCUT2D eigenvalue weighted by molar-refractivity contribution is 0.300. The van der Waals surface area contributed by atoms with Crippen LogP contribution in [0.2, 0.25) is 0 Å². The number of allylic oxidation sites excluding steroid dienone is 6. The van der Waals surface area contributed by atoms with Crippen molar-refractivity contribution >= 4 is 39.9 Å². The summed E-state index contributed by atoms with van der Waals surface area (Å²) >= 11 is 3.89. The SMILES string of the molecule is C=C(CCCN(C)CCC)c1ncc(SC2=CCC=C(C#N)C=C2)c(OCCc2cccc(I)c2)n1. The van der Waals surface area contributed by atoms with Crippen molar-refractivity contribution in [2.24, 2.45) is 0 Å². The van der Waals surface area contributed by atoms with Gasteiger partial charge < -0.3 is 9.64 Å². The average molecular weight is 613 g/mol. The molecule has 0 fully saturated rings. The van der Waals surface area contributed by atoms with Gasteiger partial charge in [0.2, 0.25) is 5.88 Å². The molecule has 0 spiro atoms. The molecule has 7 heteroatoms. The van der Waals surface area contributed by atoms with Gasteiger partial charge in [0.15, 0.2) is 5.82 Å². The third kappa shape index (κ3) is 9.23. The zero-order valence-electron chi connectivity index (χ0n) is 21.0. The van der Waals surface area contributed by atoms with Gasteiger partial charge in [-0.05, 0) is 104 Å². The third-order valence-electron chi connectivity index (χ3n) is 5.62. The van der Waals surface area contributed by atoms with E-state index >= 15 is 0 Å². The van der Waals surface area contributed by atoms with Gasteiger partial charge in [-0.2, -0.15) is 10.2 Å². The Morgan fingerprint density at radius 2 is 2.14 bits per heavy atom. The first kappa shape index (κ1) is 28.2. The lowest BCUT2D eigenvalue weighted by Crippen LogP contribution is -2.20. The molecule has 0 amide bonds. The number of aromatic nitrogens is 2. The van der Waals surface area contributed by atoms with E-state index in [1.54, 1.807) is 11.8 Å². The van der Waals surface area contributed by atoms with Gasteiger partial charge in [-0.15, -0.1) is 0 Å². The topological polar surface area (TPSA) is 62.0 Å². The van der Waals surface area contributed by atoms with E-state index in [0.717, 1.165) is 54.1 Å². The maximum atomic E-state index is 9.19. The molecule has 0 N–H and O–H groups in total. The Morgan fingerprint density at radius 3 is 2.92 bits per heavy atom. The molecule has 0 radical (unpaired) electrons. The van der Waals surface area contributed by atoms with Crippen molar-refractivity contribution in [3.63, 3.8) is 0 Å². The molecule has 36 heavy (non-hydrogen) atoms. The van der Waals surface area contributed by atoms with E-state index in [9.17, 15) is 5.26 Å². The van der Waals surface area contributed by atoms with Crippen LogP contribution in [0.15, 0.2) is 76.7 Å². The van der Waals surface area contributed by atoms with Gasteiger partial charge in [-0.25, -0.2) is 4.98 Å². The molecule has 0 aliphatic heterocycles. The third-order valence-corrected chi connectivity index (χ3v) is 7.33. The molecule has 1 aromatic heterocycles.